The average Bonchev–Trinajstić information content (AvgIpc) is 2.99. The standard InChI is InChI=1S/C16H23ClFN7O2S/c1-28(26,27)24-7-4-12(11(18)9-24)21-16-20-8-13-14(17)22-15(25(13)23-16)10-2-5-19-6-3-10/h8,10-12,19H,2-7,9H2,1H3,(H,21,23)/t11-,12-/m1/s1. The fraction of sp³-hybridized carbons (Fsp3) is 0.688. The Morgan fingerprint density at radius 2 is 2.07 bits per heavy atom. The molecule has 28 heavy (non-hydrogen) atoms. The molecule has 0 bridgehead atoms. The lowest BCUT2D eigenvalue weighted by molar-refractivity contribution is 0.186. The third kappa shape index (κ3) is 3.93. The Kier molecular flexibility index (Phi) is 5.43. The Hall–Kier alpha value is -1.56. The normalized spacial score (nSPS) is 25.2. The number of anilines is 1. The topological polar surface area (TPSA) is 105 Å². The van der Waals surface area contributed by atoms with Crippen molar-refractivity contribution in [2.24, 2.45) is 0 Å². The lowest BCUT2D eigenvalue weighted by Crippen LogP contribution is -2.49. The molecule has 2 atom stereocenters. The second-order valence-corrected chi connectivity index (χ2v) is 9.68. The van der Waals surface area contributed by atoms with Crippen molar-refractivity contribution in [3.8, 4) is 0 Å². The Morgan fingerprint density at radius 3 is 2.75 bits per heavy atom. The fourth-order valence-electron chi connectivity index (χ4n) is 3.79. The summed E-state index contributed by atoms with van der Waals surface area (Å²) in [4.78, 5) is 8.72. The van der Waals surface area contributed by atoms with Crippen LogP contribution in [0.4, 0.5) is 10.3 Å². The van der Waals surface area contributed by atoms with Gasteiger partial charge in [0.15, 0.2) is 5.15 Å². The number of nitrogens with one attached hydrogen (secondary N) is 2. The lowest BCUT2D eigenvalue weighted by atomic mass is 9.97. The highest BCUT2D eigenvalue weighted by Gasteiger charge is 2.33. The van der Waals surface area contributed by atoms with Gasteiger partial charge in [0.25, 0.3) is 0 Å². The highest BCUT2D eigenvalue weighted by Crippen LogP contribution is 2.28. The van der Waals surface area contributed by atoms with Gasteiger partial charge in [-0.2, -0.15) is 4.31 Å². The molecule has 154 valence electrons. The molecule has 12 heteroatoms. The van der Waals surface area contributed by atoms with Gasteiger partial charge in [0, 0.05) is 19.0 Å². The third-order valence-corrected chi connectivity index (χ3v) is 6.91. The molecule has 0 aromatic carbocycles. The zero-order chi connectivity index (χ0) is 19.9. The average molecular weight is 432 g/mol. The van der Waals surface area contributed by atoms with Crippen molar-refractivity contribution in [1.82, 2.24) is 29.2 Å². The van der Waals surface area contributed by atoms with Crippen molar-refractivity contribution in [3.63, 3.8) is 0 Å². The molecule has 2 N–H and O–H groups in total. The molecule has 0 aliphatic carbocycles. The van der Waals surface area contributed by atoms with Crippen LogP contribution in [0, 0.1) is 0 Å². The molecule has 0 radical (unpaired) electrons. The highest BCUT2D eigenvalue weighted by molar-refractivity contribution is 7.88. The van der Waals surface area contributed by atoms with E-state index >= 15 is 0 Å². The van der Waals surface area contributed by atoms with E-state index in [2.05, 4.69) is 25.7 Å². The predicted molar refractivity (Wildman–Crippen MR) is 104 cm³/mol. The van der Waals surface area contributed by atoms with E-state index in [0.29, 0.717) is 17.1 Å². The van der Waals surface area contributed by atoms with Crippen molar-refractivity contribution < 1.29 is 12.8 Å². The van der Waals surface area contributed by atoms with Gasteiger partial charge in [-0.25, -0.2) is 27.3 Å². The van der Waals surface area contributed by atoms with Crippen LogP contribution in [0.2, 0.25) is 5.15 Å². The third-order valence-electron chi connectivity index (χ3n) is 5.37. The largest absolute Gasteiger partial charge is 0.347 e. The van der Waals surface area contributed by atoms with Crippen molar-refractivity contribution >= 4 is 33.1 Å². The Balaban J connectivity index is 1.55. The van der Waals surface area contributed by atoms with E-state index < -0.39 is 22.2 Å². The van der Waals surface area contributed by atoms with Crippen molar-refractivity contribution in [2.45, 2.75) is 37.4 Å². The van der Waals surface area contributed by atoms with Crippen LogP contribution in [0.3, 0.4) is 0 Å². The van der Waals surface area contributed by atoms with E-state index in [1.165, 1.54) is 0 Å². The molecule has 0 spiro atoms. The van der Waals surface area contributed by atoms with Crippen LogP contribution in [-0.2, 0) is 10.0 Å². The number of rotatable bonds is 4. The second kappa shape index (κ2) is 7.69. The summed E-state index contributed by atoms with van der Waals surface area (Å²) >= 11 is 6.25. The zero-order valence-corrected chi connectivity index (χ0v) is 17.0. The van der Waals surface area contributed by atoms with Gasteiger partial charge in [-0.15, -0.1) is 5.10 Å². The van der Waals surface area contributed by atoms with Gasteiger partial charge in [-0.1, -0.05) is 11.6 Å². The Labute approximate surface area is 167 Å². The van der Waals surface area contributed by atoms with Crippen LogP contribution < -0.4 is 10.6 Å². The molecule has 2 saturated heterocycles. The first-order chi connectivity index (χ1) is 13.3. The first-order valence-corrected chi connectivity index (χ1v) is 11.5. The van der Waals surface area contributed by atoms with Gasteiger partial charge in [-0.05, 0) is 32.4 Å². The summed E-state index contributed by atoms with van der Waals surface area (Å²) in [5.41, 5.74) is 0.615. The van der Waals surface area contributed by atoms with Crippen LogP contribution in [0.15, 0.2) is 6.20 Å². The molecule has 9 nitrogen and oxygen atoms in total. The molecule has 4 rings (SSSR count). The van der Waals surface area contributed by atoms with E-state index in [9.17, 15) is 12.8 Å². The van der Waals surface area contributed by atoms with Crippen LogP contribution in [0.5, 0.6) is 0 Å². The number of fused-ring (bicyclic) bond motifs is 1. The molecular weight excluding hydrogens is 409 g/mol. The number of sulfonamides is 1. The maximum atomic E-state index is 14.5. The molecule has 2 aromatic rings. The fourth-order valence-corrected chi connectivity index (χ4v) is 4.85. The molecule has 4 heterocycles. The smallest absolute Gasteiger partial charge is 0.241 e. The number of aromatic nitrogens is 4. The predicted octanol–water partition coefficient (Wildman–Crippen LogP) is 1.03. The molecular formula is C16H23ClFN7O2S. The van der Waals surface area contributed by atoms with E-state index in [1.54, 1.807) is 10.7 Å². The number of alkyl halides is 1. The Morgan fingerprint density at radius 1 is 1.32 bits per heavy atom. The lowest BCUT2D eigenvalue weighted by Gasteiger charge is -2.33. The molecule has 2 aliphatic heterocycles. The summed E-state index contributed by atoms with van der Waals surface area (Å²) in [5.74, 6) is 1.31. The summed E-state index contributed by atoms with van der Waals surface area (Å²) in [6.07, 6.45) is 3.54. The maximum absolute atomic E-state index is 14.5. The van der Waals surface area contributed by atoms with Gasteiger partial charge in [-0.3, -0.25) is 0 Å². The minimum Gasteiger partial charge on any atom is -0.347 e. The summed E-state index contributed by atoms with van der Waals surface area (Å²) in [6, 6.07) is -0.559. The van der Waals surface area contributed by atoms with Gasteiger partial charge in [0.05, 0.1) is 18.5 Å². The molecule has 0 unspecified atom stereocenters. The summed E-state index contributed by atoms with van der Waals surface area (Å²) < 4.78 is 40.6. The number of piperidine rings is 2. The zero-order valence-electron chi connectivity index (χ0n) is 15.5. The monoisotopic (exact) mass is 431 g/mol. The first kappa shape index (κ1) is 19.7. The van der Waals surface area contributed by atoms with E-state index in [1.807, 2.05) is 0 Å². The van der Waals surface area contributed by atoms with Gasteiger partial charge >= 0.3 is 0 Å². The van der Waals surface area contributed by atoms with Crippen molar-refractivity contribution in [3.05, 3.63) is 17.2 Å². The number of imidazole rings is 1. The maximum Gasteiger partial charge on any atom is 0.241 e. The minimum atomic E-state index is -3.40. The Bertz CT molecular complexity index is 963. The van der Waals surface area contributed by atoms with Crippen molar-refractivity contribution in [2.75, 3.05) is 37.8 Å². The van der Waals surface area contributed by atoms with Crippen LogP contribution in [0.1, 0.15) is 31.0 Å². The molecule has 0 amide bonds. The van der Waals surface area contributed by atoms with Gasteiger partial charge < -0.3 is 10.6 Å². The number of hydrogen-bond acceptors (Lipinski definition) is 7. The quantitative estimate of drug-likeness (QED) is 0.744. The summed E-state index contributed by atoms with van der Waals surface area (Å²) in [6.45, 7) is 1.91. The minimum absolute atomic E-state index is 0.171. The molecule has 2 fully saturated rings. The van der Waals surface area contributed by atoms with Gasteiger partial charge in [0.2, 0.25) is 16.0 Å². The summed E-state index contributed by atoms with van der Waals surface area (Å²) in [7, 11) is -3.40. The van der Waals surface area contributed by atoms with E-state index in [-0.39, 0.29) is 25.0 Å². The van der Waals surface area contributed by atoms with E-state index in [4.69, 9.17) is 11.6 Å². The molecule has 0 saturated carbocycles. The summed E-state index contributed by atoms with van der Waals surface area (Å²) in [5, 5.41) is 11.2. The number of hydrogen-bond donors (Lipinski definition) is 2. The van der Waals surface area contributed by atoms with Gasteiger partial charge in [0.1, 0.15) is 17.5 Å². The highest BCUT2D eigenvalue weighted by atomic mass is 35.5. The molecule has 2 aliphatic rings. The van der Waals surface area contributed by atoms with Crippen LogP contribution >= 0.6 is 11.6 Å². The first-order valence-electron chi connectivity index (χ1n) is 9.30. The van der Waals surface area contributed by atoms with E-state index in [0.717, 1.165) is 42.3 Å². The second-order valence-electron chi connectivity index (χ2n) is 7.34. The van der Waals surface area contributed by atoms with Crippen LogP contribution in [0.25, 0.3) is 5.52 Å². The SMILES string of the molecule is CS(=O)(=O)N1CC[C@@H](Nc2ncc3c(Cl)nc(C4CCNCC4)n3n2)[C@H](F)C1. The number of halogens is 2. The molecule has 2 aromatic heterocycles. The number of nitrogens with zero attached hydrogens (tertiary/aromatic N) is 5. The van der Waals surface area contributed by atoms with Crippen LogP contribution in [-0.4, -0.2) is 77.0 Å². The van der Waals surface area contributed by atoms with Crippen molar-refractivity contribution in [1.29, 1.82) is 0 Å².